The molecule has 0 saturated carbocycles. The van der Waals surface area contributed by atoms with E-state index in [1.807, 2.05) is 0 Å². The van der Waals surface area contributed by atoms with Crippen molar-refractivity contribution in [2.45, 2.75) is 12.2 Å². The second kappa shape index (κ2) is 8.82. The predicted octanol–water partition coefficient (Wildman–Crippen LogP) is -7.32. The maximum Gasteiger partial charge on any atom is 1.00 e. The van der Waals surface area contributed by atoms with E-state index in [1.165, 1.54) is 6.92 Å². The molecule has 1 unspecified atom stereocenters. The minimum Gasteiger partial charge on any atom is -0.784 e. The van der Waals surface area contributed by atoms with Gasteiger partial charge in [0.15, 0.2) is 0 Å². The second-order valence-corrected chi connectivity index (χ2v) is 1.67. The van der Waals surface area contributed by atoms with Gasteiger partial charge in [0.2, 0.25) is 0 Å². The third-order valence-electron chi connectivity index (χ3n) is 0.332. The Morgan fingerprint density at radius 3 is 1.75 bits per heavy atom. The van der Waals surface area contributed by atoms with Gasteiger partial charge in [0.1, 0.15) is 0 Å². The molecule has 0 rings (SSSR count). The van der Waals surface area contributed by atoms with Crippen LogP contribution in [0.15, 0.2) is 0 Å². The number of carbonyl (C=O) groups excluding carboxylic acids is 1. The minimum absolute atomic E-state index is 0. The van der Waals surface area contributed by atoms with Gasteiger partial charge in [0.25, 0.3) is 0 Å². The molecule has 0 aromatic carbocycles. The first-order chi connectivity index (χ1) is 2.64. The van der Waals surface area contributed by atoms with Gasteiger partial charge in [0, 0.05) is 5.97 Å². The van der Waals surface area contributed by atoms with Crippen LogP contribution in [0.3, 0.4) is 0 Å². The van der Waals surface area contributed by atoms with Crippen molar-refractivity contribution in [3.05, 3.63) is 0 Å². The van der Waals surface area contributed by atoms with Crippen molar-refractivity contribution in [2.75, 3.05) is 0 Å². The van der Waals surface area contributed by atoms with E-state index in [9.17, 15) is 9.90 Å². The van der Waals surface area contributed by atoms with E-state index in [0.29, 0.717) is 0 Å². The zero-order valence-corrected chi connectivity index (χ0v) is 10.1. The molecule has 0 N–H and O–H groups in total. The standard InChI is InChI=1S/C3H6O2S.2Na/c1-2(6)3(4)5;;/h2,6H,1H3,(H,4,5);;/q;2*+1/p-2. The maximum atomic E-state index is 9.48. The van der Waals surface area contributed by atoms with Crippen LogP contribution in [-0.4, -0.2) is 11.2 Å². The molecule has 5 heteroatoms. The first-order valence-corrected chi connectivity index (χ1v) is 1.98. The van der Waals surface area contributed by atoms with Crippen LogP contribution >= 0.6 is 0 Å². The summed E-state index contributed by atoms with van der Waals surface area (Å²) in [5.74, 6) is -1.18. The zero-order valence-electron chi connectivity index (χ0n) is 5.30. The van der Waals surface area contributed by atoms with Gasteiger partial charge in [-0.1, -0.05) is 6.92 Å². The molecule has 0 aromatic heterocycles. The van der Waals surface area contributed by atoms with Crippen molar-refractivity contribution in [2.24, 2.45) is 0 Å². The predicted molar refractivity (Wildman–Crippen MR) is 21.8 cm³/mol. The van der Waals surface area contributed by atoms with Crippen molar-refractivity contribution in [1.82, 2.24) is 0 Å². The molecule has 0 amide bonds. The van der Waals surface area contributed by atoms with E-state index < -0.39 is 11.2 Å². The Hall–Kier alpha value is 1.82. The van der Waals surface area contributed by atoms with Gasteiger partial charge < -0.3 is 22.5 Å². The number of rotatable bonds is 1. The van der Waals surface area contributed by atoms with Crippen LogP contribution < -0.4 is 64.2 Å². The van der Waals surface area contributed by atoms with E-state index >= 15 is 0 Å². The number of carbonyl (C=O) groups is 1. The summed E-state index contributed by atoms with van der Waals surface area (Å²) in [5, 5.41) is 8.72. The van der Waals surface area contributed by atoms with E-state index in [-0.39, 0.29) is 59.1 Å². The van der Waals surface area contributed by atoms with Crippen molar-refractivity contribution >= 4 is 18.6 Å². The van der Waals surface area contributed by atoms with Gasteiger partial charge >= 0.3 is 59.1 Å². The molecule has 0 aliphatic rings. The summed E-state index contributed by atoms with van der Waals surface area (Å²) in [5.41, 5.74) is 0. The van der Waals surface area contributed by atoms with Gasteiger partial charge in [-0.25, -0.2) is 0 Å². The number of carboxylic acids is 1. The number of carboxylic acid groups (broad SMARTS) is 1. The first kappa shape index (κ1) is 16.4. The maximum absolute atomic E-state index is 9.48. The molecule has 0 aliphatic heterocycles. The van der Waals surface area contributed by atoms with Crippen molar-refractivity contribution in [3.63, 3.8) is 0 Å². The van der Waals surface area contributed by atoms with E-state index in [0.717, 1.165) is 0 Å². The summed E-state index contributed by atoms with van der Waals surface area (Å²) in [6, 6.07) is 0. The molecular formula is C3H4Na2O2S. The average Bonchev–Trinajstić information content (AvgIpc) is 1.36. The molecule has 0 aliphatic carbocycles. The van der Waals surface area contributed by atoms with Crippen LogP contribution in [0, 0.1) is 0 Å². The fourth-order valence-electron chi connectivity index (χ4n) is 0. The molecule has 0 radical (unpaired) electrons. The van der Waals surface area contributed by atoms with Gasteiger partial charge in [-0.05, 0) is 0 Å². The topological polar surface area (TPSA) is 40.1 Å². The summed E-state index contributed by atoms with van der Waals surface area (Å²) in [7, 11) is 0. The molecule has 0 fully saturated rings. The molecule has 0 bridgehead atoms. The number of hydrogen-bond donors (Lipinski definition) is 0. The van der Waals surface area contributed by atoms with Gasteiger partial charge in [-0.2, -0.15) is 0 Å². The largest absolute Gasteiger partial charge is 1.00 e. The molecule has 2 nitrogen and oxygen atoms in total. The Morgan fingerprint density at radius 2 is 1.75 bits per heavy atom. The van der Waals surface area contributed by atoms with Gasteiger partial charge in [-0.3, -0.25) is 0 Å². The van der Waals surface area contributed by atoms with Crippen molar-refractivity contribution < 1.29 is 69.0 Å². The van der Waals surface area contributed by atoms with E-state index in [2.05, 4.69) is 12.6 Å². The van der Waals surface area contributed by atoms with Crippen LogP contribution in [0.2, 0.25) is 0 Å². The monoisotopic (exact) mass is 150 g/mol. The Labute approximate surface area is 98.4 Å². The van der Waals surface area contributed by atoms with E-state index in [4.69, 9.17) is 0 Å². The fourth-order valence-corrected chi connectivity index (χ4v) is 0. The Balaban J connectivity index is -0.000000125. The van der Waals surface area contributed by atoms with Crippen molar-refractivity contribution in [1.29, 1.82) is 0 Å². The molecule has 0 aromatic rings. The van der Waals surface area contributed by atoms with Gasteiger partial charge in [-0.15, -0.1) is 5.25 Å². The number of aliphatic carboxylic acids is 1. The van der Waals surface area contributed by atoms with Crippen LogP contribution in [0.4, 0.5) is 0 Å². The Bertz CT molecular complexity index is 66.3. The summed E-state index contributed by atoms with van der Waals surface area (Å²) < 4.78 is 0. The third-order valence-corrected chi connectivity index (χ3v) is 0.524. The zero-order chi connectivity index (χ0) is 5.15. The van der Waals surface area contributed by atoms with Crippen LogP contribution in [0.25, 0.3) is 0 Å². The van der Waals surface area contributed by atoms with Crippen molar-refractivity contribution in [3.8, 4) is 0 Å². The average molecular weight is 150 g/mol. The quantitative estimate of drug-likeness (QED) is 0.275. The van der Waals surface area contributed by atoms with Crippen LogP contribution in [-0.2, 0) is 17.4 Å². The summed E-state index contributed by atoms with van der Waals surface area (Å²) in [6.45, 7) is 1.39. The fraction of sp³-hybridized carbons (Fsp3) is 0.667. The smallest absolute Gasteiger partial charge is 0.784 e. The summed E-state index contributed by atoms with van der Waals surface area (Å²) in [4.78, 5) is 9.48. The SMILES string of the molecule is CC([S-])C(=O)[O-].[Na+].[Na+]. The Morgan fingerprint density at radius 1 is 1.62 bits per heavy atom. The molecule has 1 atom stereocenters. The van der Waals surface area contributed by atoms with Gasteiger partial charge in [0.05, 0.1) is 0 Å². The molecule has 8 heavy (non-hydrogen) atoms. The molecule has 0 saturated heterocycles. The molecule has 0 spiro atoms. The Kier molecular flexibility index (Phi) is 18.1. The minimum atomic E-state index is -1.18. The van der Waals surface area contributed by atoms with Crippen LogP contribution in [0.5, 0.6) is 0 Å². The molecular weight excluding hydrogens is 146 g/mol. The summed E-state index contributed by atoms with van der Waals surface area (Å²) in [6.07, 6.45) is 0. The van der Waals surface area contributed by atoms with Crippen LogP contribution in [0.1, 0.15) is 6.92 Å². The number of hydrogen-bond acceptors (Lipinski definition) is 3. The molecule has 36 valence electrons. The van der Waals surface area contributed by atoms with E-state index in [1.54, 1.807) is 0 Å². The molecule has 0 heterocycles. The summed E-state index contributed by atoms with van der Waals surface area (Å²) >= 11 is 4.24. The second-order valence-electron chi connectivity index (χ2n) is 0.961. The third kappa shape index (κ3) is 10.7. The first-order valence-electron chi connectivity index (χ1n) is 1.51. The normalized spacial score (nSPS) is 10.2.